The van der Waals surface area contributed by atoms with Gasteiger partial charge in [0.2, 0.25) is 0 Å². The Bertz CT molecular complexity index is 280. The molecule has 0 aliphatic heterocycles. The van der Waals surface area contributed by atoms with Crippen molar-refractivity contribution in [3.05, 3.63) is 12.3 Å². The number of carbonyl (C=O) groups is 2. The number of rotatable bonds is 6. The van der Waals surface area contributed by atoms with E-state index in [0.29, 0.717) is 6.61 Å². The lowest BCUT2D eigenvalue weighted by atomic mass is 10.4. The zero-order valence-electron chi connectivity index (χ0n) is 10.0. The van der Waals surface area contributed by atoms with Gasteiger partial charge in [-0.1, -0.05) is 13.3 Å². The van der Waals surface area contributed by atoms with Crippen molar-refractivity contribution in [3.8, 4) is 6.07 Å². The molecular formula is C11H17NO5. The Morgan fingerprint density at radius 2 is 2.12 bits per heavy atom. The predicted molar refractivity (Wildman–Crippen MR) is 59.9 cm³/mol. The van der Waals surface area contributed by atoms with Crippen LogP contribution in [-0.2, 0) is 19.1 Å². The number of nitrogens with zero attached hydrogens (tertiary/aromatic N) is 1. The van der Waals surface area contributed by atoms with Gasteiger partial charge in [0.25, 0.3) is 0 Å². The van der Waals surface area contributed by atoms with Gasteiger partial charge in [0.1, 0.15) is 6.42 Å². The number of esters is 1. The molecule has 0 aliphatic carbocycles. The second-order valence-corrected chi connectivity index (χ2v) is 2.79. The van der Waals surface area contributed by atoms with Gasteiger partial charge in [0.05, 0.1) is 32.1 Å². The summed E-state index contributed by atoms with van der Waals surface area (Å²) in [5, 5.41) is 15.3. The van der Waals surface area contributed by atoms with Gasteiger partial charge >= 0.3 is 11.9 Å². The number of aliphatic carboxylic acids is 1. The molecule has 0 atom stereocenters. The van der Waals surface area contributed by atoms with Gasteiger partial charge in [-0.15, -0.1) is 0 Å². The standard InChI is InChI=1S/C8H14O3.C3H3NO2/c1-3-4-6-11-8(9)5-7-10-2;4-2-1-3(5)6/h5,7H,3-4,6H2,1-2H3;1H2,(H,5,6). The first-order chi connectivity index (χ1) is 8.08. The molecule has 0 heterocycles. The maximum atomic E-state index is 10.7. The van der Waals surface area contributed by atoms with Crippen LogP contribution in [0.15, 0.2) is 12.3 Å². The zero-order chi connectivity index (χ0) is 13.5. The molecule has 0 rings (SSSR count). The van der Waals surface area contributed by atoms with Crippen LogP contribution in [0, 0.1) is 11.3 Å². The molecule has 0 bridgehead atoms. The van der Waals surface area contributed by atoms with Gasteiger partial charge in [-0.2, -0.15) is 5.26 Å². The first-order valence-corrected chi connectivity index (χ1v) is 5.03. The lowest BCUT2D eigenvalue weighted by Gasteiger charge is -1.98. The first-order valence-electron chi connectivity index (χ1n) is 5.03. The molecule has 0 radical (unpaired) electrons. The van der Waals surface area contributed by atoms with E-state index in [1.54, 1.807) is 0 Å². The second-order valence-electron chi connectivity index (χ2n) is 2.79. The molecule has 6 heteroatoms. The minimum Gasteiger partial charge on any atom is -0.504 e. The molecule has 17 heavy (non-hydrogen) atoms. The Morgan fingerprint density at radius 3 is 2.47 bits per heavy atom. The quantitative estimate of drug-likeness (QED) is 0.328. The number of hydrogen-bond acceptors (Lipinski definition) is 5. The molecule has 0 saturated heterocycles. The van der Waals surface area contributed by atoms with Gasteiger partial charge in [-0.05, 0) is 6.42 Å². The summed E-state index contributed by atoms with van der Waals surface area (Å²) < 4.78 is 9.32. The summed E-state index contributed by atoms with van der Waals surface area (Å²) in [7, 11) is 1.48. The van der Waals surface area contributed by atoms with Gasteiger partial charge in [-0.25, -0.2) is 4.79 Å². The average molecular weight is 243 g/mol. The lowest BCUT2D eigenvalue weighted by molar-refractivity contribution is -0.138. The fourth-order valence-corrected chi connectivity index (χ4v) is 0.556. The van der Waals surface area contributed by atoms with Crippen LogP contribution in [0.3, 0.4) is 0 Å². The van der Waals surface area contributed by atoms with Crippen LogP contribution >= 0.6 is 0 Å². The van der Waals surface area contributed by atoms with Crippen LogP contribution in [0.1, 0.15) is 26.2 Å². The van der Waals surface area contributed by atoms with Crippen molar-refractivity contribution in [1.29, 1.82) is 5.26 Å². The van der Waals surface area contributed by atoms with Crippen molar-refractivity contribution in [2.45, 2.75) is 26.2 Å². The highest BCUT2D eigenvalue weighted by Gasteiger charge is 1.93. The first kappa shape index (κ1) is 17.4. The minimum absolute atomic E-state index is 0.347. The molecule has 96 valence electrons. The summed E-state index contributed by atoms with van der Waals surface area (Å²) in [4.78, 5) is 20.1. The van der Waals surface area contributed by atoms with Crippen LogP contribution in [0.5, 0.6) is 0 Å². The number of carboxylic acid groups (broad SMARTS) is 1. The molecule has 0 unspecified atom stereocenters. The van der Waals surface area contributed by atoms with Crippen molar-refractivity contribution >= 4 is 11.9 Å². The second kappa shape index (κ2) is 14.0. The molecular weight excluding hydrogens is 226 g/mol. The summed E-state index contributed by atoms with van der Waals surface area (Å²) in [6.45, 7) is 2.53. The number of methoxy groups -OCH3 is 1. The fourth-order valence-electron chi connectivity index (χ4n) is 0.556. The molecule has 0 aliphatic rings. The largest absolute Gasteiger partial charge is 0.504 e. The van der Waals surface area contributed by atoms with E-state index in [1.165, 1.54) is 25.5 Å². The van der Waals surface area contributed by atoms with Crippen LogP contribution in [-0.4, -0.2) is 30.8 Å². The fraction of sp³-hybridized carbons (Fsp3) is 0.545. The molecule has 1 N–H and O–H groups in total. The van der Waals surface area contributed by atoms with E-state index < -0.39 is 12.4 Å². The Hall–Kier alpha value is -2.03. The Morgan fingerprint density at radius 1 is 1.47 bits per heavy atom. The SMILES string of the molecule is CCCCOC(=O)C=COC.N#CCC(=O)O. The number of unbranched alkanes of at least 4 members (excludes halogenated alkanes) is 1. The van der Waals surface area contributed by atoms with E-state index in [9.17, 15) is 9.59 Å². The van der Waals surface area contributed by atoms with Crippen LogP contribution in [0.4, 0.5) is 0 Å². The smallest absolute Gasteiger partial charge is 0.333 e. The van der Waals surface area contributed by atoms with E-state index in [4.69, 9.17) is 15.1 Å². The Balaban J connectivity index is 0. The zero-order valence-corrected chi connectivity index (χ0v) is 10.0. The van der Waals surface area contributed by atoms with Gasteiger partial charge in [0.15, 0.2) is 0 Å². The molecule has 0 saturated carbocycles. The van der Waals surface area contributed by atoms with E-state index in [1.807, 2.05) is 6.92 Å². The summed E-state index contributed by atoms with van der Waals surface area (Å²) in [6.07, 6.45) is 4.10. The van der Waals surface area contributed by atoms with Crippen molar-refractivity contribution < 1.29 is 24.2 Å². The van der Waals surface area contributed by atoms with Crippen molar-refractivity contribution in [3.63, 3.8) is 0 Å². The van der Waals surface area contributed by atoms with E-state index in [0.717, 1.165) is 12.8 Å². The Labute approximate surface area is 100 Å². The summed E-state index contributed by atoms with van der Waals surface area (Å²) in [5.41, 5.74) is 0. The molecule has 0 aromatic carbocycles. The van der Waals surface area contributed by atoms with Crippen LogP contribution in [0.25, 0.3) is 0 Å². The van der Waals surface area contributed by atoms with Gasteiger partial charge in [-0.3, -0.25) is 4.79 Å². The molecule has 0 aromatic rings. The highest BCUT2D eigenvalue weighted by Crippen LogP contribution is 1.89. The third kappa shape index (κ3) is 20.1. The van der Waals surface area contributed by atoms with Crippen LogP contribution in [0.2, 0.25) is 0 Å². The summed E-state index contributed by atoms with van der Waals surface area (Å²) >= 11 is 0. The number of carboxylic acids is 1. The normalized spacial score (nSPS) is 8.76. The molecule has 0 spiro atoms. The average Bonchev–Trinajstić information content (AvgIpc) is 2.27. The van der Waals surface area contributed by atoms with E-state index in [2.05, 4.69) is 4.74 Å². The van der Waals surface area contributed by atoms with Gasteiger partial charge < -0.3 is 14.6 Å². The number of nitriles is 1. The van der Waals surface area contributed by atoms with E-state index >= 15 is 0 Å². The minimum atomic E-state index is -1.07. The Kier molecular flexibility index (Phi) is 14.3. The third-order valence-corrected chi connectivity index (χ3v) is 1.31. The number of ether oxygens (including phenoxy) is 2. The molecule has 0 amide bonds. The predicted octanol–water partition coefficient (Wildman–Crippen LogP) is 1.47. The van der Waals surface area contributed by atoms with Crippen molar-refractivity contribution in [2.24, 2.45) is 0 Å². The third-order valence-electron chi connectivity index (χ3n) is 1.31. The maximum absolute atomic E-state index is 10.7. The highest BCUT2D eigenvalue weighted by atomic mass is 16.5. The topological polar surface area (TPSA) is 96.6 Å². The van der Waals surface area contributed by atoms with E-state index in [-0.39, 0.29) is 5.97 Å². The lowest BCUT2D eigenvalue weighted by Crippen LogP contribution is -2.01. The number of hydrogen-bond donors (Lipinski definition) is 1. The highest BCUT2D eigenvalue weighted by molar-refractivity contribution is 5.81. The summed E-state index contributed by atoms with van der Waals surface area (Å²) in [5.74, 6) is -1.42. The maximum Gasteiger partial charge on any atom is 0.333 e. The monoisotopic (exact) mass is 243 g/mol. The summed E-state index contributed by atoms with van der Waals surface area (Å²) in [6, 6.07) is 1.47. The van der Waals surface area contributed by atoms with Crippen molar-refractivity contribution in [1.82, 2.24) is 0 Å². The number of carbonyl (C=O) groups excluding carboxylic acids is 1. The molecule has 6 nitrogen and oxygen atoms in total. The van der Waals surface area contributed by atoms with Gasteiger partial charge in [0, 0.05) is 0 Å². The van der Waals surface area contributed by atoms with Crippen LogP contribution < -0.4 is 0 Å². The van der Waals surface area contributed by atoms with Crippen molar-refractivity contribution in [2.75, 3.05) is 13.7 Å². The molecule has 0 fully saturated rings. The molecule has 0 aromatic heterocycles.